The Kier molecular flexibility index (Phi) is 5.29. The molecular weight excluding hydrogens is 309 g/mol. The number of likely N-dealkylation sites (N-methyl/N-ethyl adjacent to an activating group) is 1. The van der Waals surface area contributed by atoms with Gasteiger partial charge in [-0.05, 0) is 6.92 Å². The lowest BCUT2D eigenvalue weighted by Crippen LogP contribution is -2.38. The van der Waals surface area contributed by atoms with Gasteiger partial charge in [-0.2, -0.15) is 0 Å². The van der Waals surface area contributed by atoms with Crippen molar-refractivity contribution in [3.8, 4) is 0 Å². The summed E-state index contributed by atoms with van der Waals surface area (Å²) in [5.41, 5.74) is 4.52. The number of primary amides is 1. The normalized spacial score (nSPS) is 10.2. The summed E-state index contributed by atoms with van der Waals surface area (Å²) in [6.45, 7) is 1.51. The number of halogens is 2. The van der Waals surface area contributed by atoms with Crippen LogP contribution in [0.2, 0.25) is 10.0 Å². The smallest absolute Gasteiger partial charge is 0.271 e. The zero-order chi connectivity index (χ0) is 15.4. The molecule has 2 amide bonds. The second-order valence-electron chi connectivity index (χ2n) is 3.83. The van der Waals surface area contributed by atoms with Crippen molar-refractivity contribution in [2.75, 3.05) is 13.1 Å². The van der Waals surface area contributed by atoms with Gasteiger partial charge in [0.2, 0.25) is 5.91 Å². The number of nitrogens with zero attached hydrogens (tertiary/aromatic N) is 2. The van der Waals surface area contributed by atoms with E-state index in [1.54, 1.807) is 6.92 Å². The molecule has 0 aliphatic heterocycles. The number of amides is 2. The third-order valence-corrected chi connectivity index (χ3v) is 3.27. The zero-order valence-electron chi connectivity index (χ0n) is 10.4. The van der Waals surface area contributed by atoms with E-state index in [0.29, 0.717) is 0 Å². The quantitative estimate of drug-likeness (QED) is 0.660. The molecule has 0 atom stereocenters. The van der Waals surface area contributed by atoms with Crippen molar-refractivity contribution < 1.29 is 14.5 Å². The Hall–Kier alpha value is -1.86. The number of carbonyl (C=O) groups excluding carboxylic acids is 2. The van der Waals surface area contributed by atoms with E-state index in [-0.39, 0.29) is 34.4 Å². The maximum absolute atomic E-state index is 12.2. The van der Waals surface area contributed by atoms with Gasteiger partial charge in [0, 0.05) is 18.7 Å². The first-order chi connectivity index (χ1) is 9.27. The average Bonchev–Trinajstić information content (AvgIpc) is 2.37. The Balaban J connectivity index is 3.26. The van der Waals surface area contributed by atoms with Crippen molar-refractivity contribution in [2.45, 2.75) is 6.92 Å². The number of hydrogen-bond acceptors (Lipinski definition) is 4. The van der Waals surface area contributed by atoms with Crippen LogP contribution < -0.4 is 5.73 Å². The van der Waals surface area contributed by atoms with E-state index < -0.39 is 16.7 Å². The lowest BCUT2D eigenvalue weighted by atomic mass is 10.1. The van der Waals surface area contributed by atoms with Gasteiger partial charge in [0.25, 0.3) is 11.6 Å². The fourth-order valence-corrected chi connectivity index (χ4v) is 1.92. The maximum atomic E-state index is 12.2. The van der Waals surface area contributed by atoms with E-state index in [1.807, 2.05) is 0 Å². The van der Waals surface area contributed by atoms with Crippen LogP contribution in [0, 0.1) is 10.1 Å². The number of nitro groups is 1. The Bertz CT molecular complexity index is 577. The van der Waals surface area contributed by atoms with E-state index in [9.17, 15) is 19.7 Å². The molecule has 0 radical (unpaired) electrons. The Morgan fingerprint density at radius 2 is 2.00 bits per heavy atom. The number of rotatable bonds is 5. The molecule has 0 saturated heterocycles. The molecule has 1 rings (SSSR count). The van der Waals surface area contributed by atoms with Gasteiger partial charge in [-0.25, -0.2) is 0 Å². The molecule has 0 aromatic heterocycles. The fourth-order valence-electron chi connectivity index (χ4n) is 1.52. The molecule has 0 spiro atoms. The first-order valence-electron chi connectivity index (χ1n) is 5.49. The van der Waals surface area contributed by atoms with Crippen molar-refractivity contribution in [3.63, 3.8) is 0 Å². The van der Waals surface area contributed by atoms with E-state index >= 15 is 0 Å². The lowest BCUT2D eigenvalue weighted by molar-refractivity contribution is -0.384. The third kappa shape index (κ3) is 3.58. The van der Waals surface area contributed by atoms with Gasteiger partial charge in [-0.15, -0.1) is 0 Å². The minimum absolute atomic E-state index is 0.106. The highest BCUT2D eigenvalue weighted by Crippen LogP contribution is 2.31. The van der Waals surface area contributed by atoms with Gasteiger partial charge in [-0.3, -0.25) is 19.7 Å². The van der Waals surface area contributed by atoms with E-state index in [0.717, 1.165) is 17.0 Å². The maximum Gasteiger partial charge on any atom is 0.271 e. The van der Waals surface area contributed by atoms with Crippen LogP contribution in [-0.4, -0.2) is 34.7 Å². The molecule has 0 saturated carbocycles. The van der Waals surface area contributed by atoms with Gasteiger partial charge in [0.05, 0.1) is 27.1 Å². The highest BCUT2D eigenvalue weighted by atomic mass is 35.5. The van der Waals surface area contributed by atoms with Crippen molar-refractivity contribution in [1.82, 2.24) is 4.90 Å². The van der Waals surface area contributed by atoms with Crippen LogP contribution in [0.4, 0.5) is 5.69 Å². The van der Waals surface area contributed by atoms with Gasteiger partial charge >= 0.3 is 0 Å². The summed E-state index contributed by atoms with van der Waals surface area (Å²) in [6, 6.07) is 2.06. The molecule has 0 fully saturated rings. The Labute approximate surface area is 124 Å². The van der Waals surface area contributed by atoms with Crippen molar-refractivity contribution in [1.29, 1.82) is 0 Å². The van der Waals surface area contributed by atoms with E-state index in [2.05, 4.69) is 0 Å². The predicted octanol–water partition coefficient (Wildman–Crippen LogP) is 1.85. The molecule has 2 N–H and O–H groups in total. The molecule has 0 bridgehead atoms. The number of benzene rings is 1. The topological polar surface area (TPSA) is 107 Å². The first kappa shape index (κ1) is 16.2. The van der Waals surface area contributed by atoms with E-state index in [4.69, 9.17) is 28.9 Å². The minimum Gasteiger partial charge on any atom is -0.368 e. The van der Waals surface area contributed by atoms with Gasteiger partial charge in [0.15, 0.2) is 0 Å². The number of hydrogen-bond donors (Lipinski definition) is 1. The highest BCUT2D eigenvalue weighted by molar-refractivity contribution is 6.44. The van der Waals surface area contributed by atoms with Crippen LogP contribution in [0.25, 0.3) is 0 Å². The third-order valence-electron chi connectivity index (χ3n) is 2.47. The summed E-state index contributed by atoms with van der Waals surface area (Å²) in [6.07, 6.45) is 0. The van der Waals surface area contributed by atoms with Crippen LogP contribution in [0.1, 0.15) is 17.3 Å². The number of nitrogens with two attached hydrogens (primary N) is 1. The lowest BCUT2D eigenvalue weighted by Gasteiger charge is -2.19. The number of carbonyl (C=O) groups is 2. The first-order valence-corrected chi connectivity index (χ1v) is 6.24. The van der Waals surface area contributed by atoms with Crippen LogP contribution in [0.3, 0.4) is 0 Å². The largest absolute Gasteiger partial charge is 0.368 e. The molecule has 1 aromatic rings. The molecule has 20 heavy (non-hydrogen) atoms. The van der Waals surface area contributed by atoms with E-state index in [1.165, 1.54) is 0 Å². The van der Waals surface area contributed by atoms with Crippen molar-refractivity contribution in [2.24, 2.45) is 5.73 Å². The standard InChI is InChI=1S/C11H11Cl2N3O4/c1-2-15(5-9(14)17)11(18)7-3-6(16(19)20)4-8(12)10(7)13/h3-4H,2,5H2,1H3,(H2,14,17). The van der Waals surface area contributed by atoms with Crippen LogP contribution >= 0.6 is 23.2 Å². The Morgan fingerprint density at radius 1 is 1.40 bits per heavy atom. The predicted molar refractivity (Wildman–Crippen MR) is 73.9 cm³/mol. The molecule has 0 aliphatic rings. The van der Waals surface area contributed by atoms with Crippen molar-refractivity contribution in [3.05, 3.63) is 37.9 Å². The molecular formula is C11H11Cl2N3O4. The average molecular weight is 320 g/mol. The molecule has 0 aliphatic carbocycles. The molecule has 0 unspecified atom stereocenters. The number of non-ortho nitro benzene ring substituents is 1. The van der Waals surface area contributed by atoms with Crippen LogP contribution in [-0.2, 0) is 4.79 Å². The van der Waals surface area contributed by atoms with Crippen LogP contribution in [0.5, 0.6) is 0 Å². The van der Waals surface area contributed by atoms with Gasteiger partial charge in [-0.1, -0.05) is 23.2 Å². The molecule has 0 heterocycles. The number of nitro benzene ring substituents is 1. The second-order valence-corrected chi connectivity index (χ2v) is 4.62. The van der Waals surface area contributed by atoms with Gasteiger partial charge < -0.3 is 10.6 Å². The SMILES string of the molecule is CCN(CC(N)=O)C(=O)c1cc([N+](=O)[O-])cc(Cl)c1Cl. The summed E-state index contributed by atoms with van der Waals surface area (Å²) in [5, 5.41) is 10.5. The monoisotopic (exact) mass is 319 g/mol. The molecule has 1 aromatic carbocycles. The molecule has 7 nitrogen and oxygen atoms in total. The second kappa shape index (κ2) is 6.53. The minimum atomic E-state index is -0.701. The fraction of sp³-hybridized carbons (Fsp3) is 0.273. The van der Waals surface area contributed by atoms with Crippen molar-refractivity contribution >= 4 is 40.7 Å². The highest BCUT2D eigenvalue weighted by Gasteiger charge is 2.23. The summed E-state index contributed by atoms with van der Waals surface area (Å²) in [7, 11) is 0. The summed E-state index contributed by atoms with van der Waals surface area (Å²) in [5.74, 6) is -1.35. The summed E-state index contributed by atoms with van der Waals surface area (Å²) in [4.78, 5) is 34.3. The summed E-state index contributed by atoms with van der Waals surface area (Å²) >= 11 is 11.6. The van der Waals surface area contributed by atoms with Crippen LogP contribution in [0.15, 0.2) is 12.1 Å². The summed E-state index contributed by atoms with van der Waals surface area (Å²) < 4.78 is 0. The zero-order valence-corrected chi connectivity index (χ0v) is 11.9. The molecule has 9 heteroatoms. The Morgan fingerprint density at radius 3 is 2.45 bits per heavy atom. The molecule has 108 valence electrons. The van der Waals surface area contributed by atoms with Gasteiger partial charge in [0.1, 0.15) is 0 Å².